The standard InChI is InChI=1S/C20H23N5O4S/c1-3-9-21-16(26)12-30-20-24-23-17(29-20)10-15-13(2)22-19(28)25(18(15)27)11-14-7-5-4-6-8-14/h3-8,13,15H,1,9-12H2,2H3,(H,21,26)(H,22,28). The summed E-state index contributed by atoms with van der Waals surface area (Å²) in [6.07, 6.45) is 1.79. The number of benzene rings is 1. The number of thioether (sulfide) groups is 1. The Morgan fingerprint density at radius 1 is 1.33 bits per heavy atom. The maximum atomic E-state index is 13.0. The van der Waals surface area contributed by atoms with Gasteiger partial charge in [0.1, 0.15) is 0 Å². The Morgan fingerprint density at radius 2 is 2.10 bits per heavy atom. The van der Waals surface area contributed by atoms with Crippen molar-refractivity contribution in [3.8, 4) is 0 Å². The molecule has 10 heteroatoms. The summed E-state index contributed by atoms with van der Waals surface area (Å²) in [7, 11) is 0. The molecule has 0 saturated carbocycles. The van der Waals surface area contributed by atoms with Gasteiger partial charge in [-0.05, 0) is 12.5 Å². The summed E-state index contributed by atoms with van der Waals surface area (Å²) >= 11 is 1.11. The predicted octanol–water partition coefficient (Wildman–Crippen LogP) is 1.76. The van der Waals surface area contributed by atoms with Crippen molar-refractivity contribution in [2.75, 3.05) is 12.3 Å². The van der Waals surface area contributed by atoms with E-state index in [2.05, 4.69) is 27.4 Å². The van der Waals surface area contributed by atoms with Crippen molar-refractivity contribution >= 4 is 29.6 Å². The van der Waals surface area contributed by atoms with Gasteiger partial charge in [0, 0.05) is 19.0 Å². The maximum Gasteiger partial charge on any atom is 0.324 e. The summed E-state index contributed by atoms with van der Waals surface area (Å²) in [6, 6.07) is 8.53. The number of aromatic nitrogens is 2. The van der Waals surface area contributed by atoms with Crippen molar-refractivity contribution in [3.05, 3.63) is 54.4 Å². The van der Waals surface area contributed by atoms with Crippen LogP contribution in [0.25, 0.3) is 0 Å². The van der Waals surface area contributed by atoms with Crippen LogP contribution in [0.2, 0.25) is 0 Å². The molecular weight excluding hydrogens is 406 g/mol. The van der Waals surface area contributed by atoms with Gasteiger partial charge >= 0.3 is 6.03 Å². The minimum atomic E-state index is -0.527. The van der Waals surface area contributed by atoms with E-state index in [0.717, 1.165) is 17.3 Å². The lowest BCUT2D eigenvalue weighted by molar-refractivity contribution is -0.135. The van der Waals surface area contributed by atoms with Crippen LogP contribution in [0.5, 0.6) is 0 Å². The highest BCUT2D eigenvalue weighted by Crippen LogP contribution is 2.23. The first kappa shape index (κ1) is 21.6. The van der Waals surface area contributed by atoms with E-state index in [4.69, 9.17) is 4.42 Å². The van der Waals surface area contributed by atoms with Crippen molar-refractivity contribution in [1.29, 1.82) is 0 Å². The lowest BCUT2D eigenvalue weighted by Crippen LogP contribution is -2.59. The SMILES string of the molecule is C=CCNC(=O)CSc1nnc(CC2C(=O)N(Cc3ccccc3)C(=O)NC2C)o1. The van der Waals surface area contributed by atoms with Gasteiger partial charge in [-0.2, -0.15) is 0 Å². The molecule has 0 radical (unpaired) electrons. The normalized spacial score (nSPS) is 18.8. The van der Waals surface area contributed by atoms with Gasteiger partial charge in [-0.15, -0.1) is 16.8 Å². The fourth-order valence-electron chi connectivity index (χ4n) is 3.00. The minimum absolute atomic E-state index is 0.134. The fraction of sp³-hybridized carbons (Fsp3) is 0.350. The van der Waals surface area contributed by atoms with Crippen molar-refractivity contribution in [2.24, 2.45) is 5.92 Å². The number of amides is 4. The number of carbonyl (C=O) groups is 3. The van der Waals surface area contributed by atoms with Crippen LogP contribution >= 0.6 is 11.8 Å². The van der Waals surface area contributed by atoms with Gasteiger partial charge in [0.25, 0.3) is 5.22 Å². The van der Waals surface area contributed by atoms with Crippen LogP contribution in [0.3, 0.4) is 0 Å². The van der Waals surface area contributed by atoms with E-state index in [1.165, 1.54) is 4.90 Å². The number of rotatable bonds is 9. The Kier molecular flexibility index (Phi) is 7.23. The number of nitrogens with one attached hydrogen (secondary N) is 2. The van der Waals surface area contributed by atoms with E-state index in [9.17, 15) is 14.4 Å². The lowest BCUT2D eigenvalue weighted by Gasteiger charge is -2.35. The number of hydrogen-bond donors (Lipinski definition) is 2. The average molecular weight is 430 g/mol. The highest BCUT2D eigenvalue weighted by molar-refractivity contribution is 7.99. The van der Waals surface area contributed by atoms with Crippen LogP contribution in [0.4, 0.5) is 4.79 Å². The van der Waals surface area contributed by atoms with Gasteiger partial charge in [-0.1, -0.05) is 48.2 Å². The zero-order valence-corrected chi connectivity index (χ0v) is 17.4. The monoisotopic (exact) mass is 429 g/mol. The molecule has 1 aromatic carbocycles. The largest absolute Gasteiger partial charge is 0.416 e. The molecule has 3 rings (SSSR count). The molecule has 9 nitrogen and oxygen atoms in total. The summed E-state index contributed by atoms with van der Waals surface area (Å²) < 4.78 is 5.58. The van der Waals surface area contributed by atoms with Gasteiger partial charge in [0.15, 0.2) is 0 Å². The molecular formula is C20H23N5O4S. The molecule has 2 aromatic rings. The second-order valence-corrected chi connectivity index (χ2v) is 7.73. The van der Waals surface area contributed by atoms with Gasteiger partial charge in [-0.3, -0.25) is 14.5 Å². The molecule has 2 atom stereocenters. The van der Waals surface area contributed by atoms with Crippen molar-refractivity contribution in [3.63, 3.8) is 0 Å². The molecule has 2 unspecified atom stereocenters. The van der Waals surface area contributed by atoms with E-state index in [0.29, 0.717) is 6.54 Å². The second-order valence-electron chi connectivity index (χ2n) is 6.80. The molecule has 2 N–H and O–H groups in total. The van der Waals surface area contributed by atoms with Gasteiger partial charge in [0.2, 0.25) is 17.7 Å². The maximum absolute atomic E-state index is 13.0. The topological polar surface area (TPSA) is 117 Å². The van der Waals surface area contributed by atoms with E-state index in [1.807, 2.05) is 30.3 Å². The van der Waals surface area contributed by atoms with Crippen LogP contribution in [-0.2, 0) is 22.6 Å². The first-order valence-corrected chi connectivity index (χ1v) is 10.4. The molecule has 1 aromatic heterocycles. The number of hydrogen-bond acceptors (Lipinski definition) is 7. The van der Waals surface area contributed by atoms with Crippen LogP contribution in [0.15, 0.2) is 52.6 Å². The first-order valence-electron chi connectivity index (χ1n) is 9.46. The molecule has 1 fully saturated rings. The molecule has 0 bridgehead atoms. The van der Waals surface area contributed by atoms with Crippen molar-refractivity contribution in [1.82, 2.24) is 25.7 Å². The summed E-state index contributed by atoms with van der Waals surface area (Å²) in [4.78, 5) is 38.2. The molecule has 0 aliphatic carbocycles. The summed E-state index contributed by atoms with van der Waals surface area (Å²) in [5, 5.41) is 13.6. The van der Waals surface area contributed by atoms with Crippen LogP contribution in [-0.4, -0.2) is 51.3 Å². The van der Waals surface area contributed by atoms with Crippen LogP contribution < -0.4 is 10.6 Å². The highest BCUT2D eigenvalue weighted by Gasteiger charge is 2.39. The Bertz CT molecular complexity index is 917. The Labute approximate surface area is 178 Å². The molecule has 0 spiro atoms. The summed E-state index contributed by atoms with van der Waals surface area (Å²) in [5.74, 6) is -0.568. The van der Waals surface area contributed by atoms with Gasteiger partial charge < -0.3 is 15.1 Å². The molecule has 158 valence electrons. The van der Waals surface area contributed by atoms with E-state index in [1.54, 1.807) is 13.0 Å². The molecule has 30 heavy (non-hydrogen) atoms. The minimum Gasteiger partial charge on any atom is -0.416 e. The third-order valence-corrected chi connectivity index (χ3v) is 5.40. The molecule has 1 saturated heterocycles. The molecule has 2 heterocycles. The van der Waals surface area contributed by atoms with Gasteiger partial charge in [0.05, 0.1) is 18.2 Å². The predicted molar refractivity (Wildman–Crippen MR) is 110 cm³/mol. The first-order chi connectivity index (χ1) is 14.5. The van der Waals surface area contributed by atoms with Crippen LogP contribution in [0.1, 0.15) is 18.4 Å². The molecule has 1 aliphatic heterocycles. The fourth-order valence-corrected chi connectivity index (χ4v) is 3.61. The van der Waals surface area contributed by atoms with Crippen molar-refractivity contribution < 1.29 is 18.8 Å². The van der Waals surface area contributed by atoms with Crippen molar-refractivity contribution in [2.45, 2.75) is 31.2 Å². The summed E-state index contributed by atoms with van der Waals surface area (Å²) in [5.41, 5.74) is 0.862. The smallest absolute Gasteiger partial charge is 0.324 e. The quantitative estimate of drug-likeness (QED) is 0.461. The number of carbonyl (C=O) groups excluding carboxylic acids is 3. The molecule has 4 amide bonds. The number of urea groups is 1. The lowest BCUT2D eigenvalue weighted by atomic mass is 9.93. The Hall–Kier alpha value is -3.14. The Balaban J connectivity index is 1.61. The average Bonchev–Trinajstić information content (AvgIpc) is 3.19. The highest BCUT2D eigenvalue weighted by atomic mass is 32.2. The zero-order chi connectivity index (χ0) is 21.5. The third kappa shape index (κ3) is 5.47. The Morgan fingerprint density at radius 3 is 2.83 bits per heavy atom. The van der Waals surface area contributed by atoms with Crippen LogP contribution in [0, 0.1) is 5.92 Å². The van der Waals surface area contributed by atoms with Gasteiger partial charge in [-0.25, -0.2) is 4.79 Å². The number of nitrogens with zero attached hydrogens (tertiary/aromatic N) is 3. The zero-order valence-electron chi connectivity index (χ0n) is 16.5. The number of imide groups is 1. The molecule has 1 aliphatic rings. The second kappa shape index (κ2) is 10.1. The summed E-state index contributed by atoms with van der Waals surface area (Å²) in [6.45, 7) is 5.89. The van der Waals surface area contributed by atoms with E-state index < -0.39 is 11.9 Å². The van der Waals surface area contributed by atoms with E-state index in [-0.39, 0.29) is 47.7 Å². The van der Waals surface area contributed by atoms with E-state index >= 15 is 0 Å². The third-order valence-electron chi connectivity index (χ3n) is 4.58.